The van der Waals surface area contributed by atoms with Gasteiger partial charge in [0.1, 0.15) is 11.5 Å². The Bertz CT molecular complexity index is 508. The van der Waals surface area contributed by atoms with E-state index in [1.165, 1.54) is 5.56 Å². The Morgan fingerprint density at radius 2 is 1.82 bits per heavy atom. The van der Waals surface area contributed by atoms with Crippen LogP contribution in [-0.4, -0.2) is 0 Å². The van der Waals surface area contributed by atoms with E-state index < -0.39 is 0 Å². The Morgan fingerprint density at radius 3 is 2.41 bits per heavy atom. The van der Waals surface area contributed by atoms with E-state index >= 15 is 0 Å². The van der Waals surface area contributed by atoms with Crippen LogP contribution in [-0.2, 0) is 6.54 Å². The molecule has 2 aromatic rings. The molecule has 0 spiro atoms. The lowest BCUT2D eigenvalue weighted by Gasteiger charge is -2.08. The number of halogens is 1. The maximum atomic E-state index is 6.11. The van der Waals surface area contributed by atoms with Crippen LogP contribution in [0.1, 0.15) is 11.1 Å². The summed E-state index contributed by atoms with van der Waals surface area (Å²) in [6.07, 6.45) is 0. The molecule has 0 amide bonds. The minimum Gasteiger partial charge on any atom is -0.456 e. The summed E-state index contributed by atoms with van der Waals surface area (Å²) >= 11 is 6.11. The van der Waals surface area contributed by atoms with E-state index in [0.29, 0.717) is 17.3 Å². The first kappa shape index (κ1) is 12.0. The first-order valence-corrected chi connectivity index (χ1v) is 5.80. The standard InChI is InChI=1S/C14H14ClNO/c1-10-2-5-12(6-3-10)17-14-7-4-11(9-16)8-13(14)15/h2-8H,9,16H2,1H3. The molecule has 88 valence electrons. The molecule has 0 atom stereocenters. The van der Waals surface area contributed by atoms with Crippen LogP contribution in [0.4, 0.5) is 0 Å². The van der Waals surface area contributed by atoms with Gasteiger partial charge in [0, 0.05) is 6.54 Å². The highest BCUT2D eigenvalue weighted by atomic mass is 35.5. The summed E-state index contributed by atoms with van der Waals surface area (Å²) in [6.45, 7) is 2.51. The number of benzene rings is 2. The quantitative estimate of drug-likeness (QED) is 0.893. The van der Waals surface area contributed by atoms with Crippen molar-refractivity contribution in [3.63, 3.8) is 0 Å². The minimum atomic E-state index is 0.477. The summed E-state index contributed by atoms with van der Waals surface area (Å²) in [6, 6.07) is 13.4. The largest absolute Gasteiger partial charge is 0.456 e. The van der Waals surface area contributed by atoms with Crippen molar-refractivity contribution in [3.05, 3.63) is 58.6 Å². The molecule has 2 aromatic carbocycles. The Kier molecular flexibility index (Phi) is 3.67. The predicted octanol–water partition coefficient (Wildman–Crippen LogP) is 3.90. The van der Waals surface area contributed by atoms with E-state index in [1.54, 1.807) is 0 Å². The van der Waals surface area contributed by atoms with Crippen molar-refractivity contribution >= 4 is 11.6 Å². The van der Waals surface area contributed by atoms with Gasteiger partial charge >= 0.3 is 0 Å². The lowest BCUT2D eigenvalue weighted by Crippen LogP contribution is -1.96. The van der Waals surface area contributed by atoms with Crippen molar-refractivity contribution < 1.29 is 4.74 Å². The first-order valence-electron chi connectivity index (χ1n) is 5.42. The normalized spacial score (nSPS) is 10.3. The fourth-order valence-electron chi connectivity index (χ4n) is 1.49. The SMILES string of the molecule is Cc1ccc(Oc2ccc(CN)cc2Cl)cc1. The van der Waals surface area contributed by atoms with E-state index in [4.69, 9.17) is 22.1 Å². The average molecular weight is 248 g/mol. The molecule has 17 heavy (non-hydrogen) atoms. The van der Waals surface area contributed by atoms with Gasteiger partial charge in [0.15, 0.2) is 0 Å². The predicted molar refractivity (Wildman–Crippen MR) is 70.6 cm³/mol. The fraction of sp³-hybridized carbons (Fsp3) is 0.143. The van der Waals surface area contributed by atoms with Crippen molar-refractivity contribution in [2.24, 2.45) is 5.73 Å². The second-order valence-corrected chi connectivity index (χ2v) is 4.29. The number of hydrogen-bond donors (Lipinski definition) is 1. The van der Waals surface area contributed by atoms with Gasteiger partial charge in [0.2, 0.25) is 0 Å². The molecule has 0 radical (unpaired) electrons. The molecule has 0 heterocycles. The molecule has 2 N–H and O–H groups in total. The van der Waals surface area contributed by atoms with E-state index in [0.717, 1.165) is 11.3 Å². The zero-order valence-corrected chi connectivity index (χ0v) is 10.4. The highest BCUT2D eigenvalue weighted by molar-refractivity contribution is 6.32. The molecule has 0 saturated heterocycles. The second kappa shape index (κ2) is 5.21. The van der Waals surface area contributed by atoms with E-state index in [2.05, 4.69) is 0 Å². The van der Waals surface area contributed by atoms with Gasteiger partial charge in [-0.1, -0.05) is 35.4 Å². The lowest BCUT2D eigenvalue weighted by molar-refractivity contribution is 0.482. The molecule has 0 aliphatic heterocycles. The van der Waals surface area contributed by atoms with Gasteiger partial charge in [0.25, 0.3) is 0 Å². The van der Waals surface area contributed by atoms with Crippen LogP contribution >= 0.6 is 11.6 Å². The van der Waals surface area contributed by atoms with Crippen LogP contribution < -0.4 is 10.5 Å². The van der Waals surface area contributed by atoms with Crippen LogP contribution in [0.2, 0.25) is 5.02 Å². The highest BCUT2D eigenvalue weighted by Crippen LogP contribution is 2.30. The molecule has 2 nitrogen and oxygen atoms in total. The number of hydrogen-bond acceptors (Lipinski definition) is 2. The van der Waals surface area contributed by atoms with Gasteiger partial charge in [0.05, 0.1) is 5.02 Å². The Morgan fingerprint density at radius 1 is 1.12 bits per heavy atom. The van der Waals surface area contributed by atoms with Gasteiger partial charge < -0.3 is 10.5 Å². The molecule has 0 aliphatic rings. The third-order valence-electron chi connectivity index (χ3n) is 2.48. The van der Waals surface area contributed by atoms with Gasteiger partial charge in [-0.25, -0.2) is 0 Å². The molecule has 0 aliphatic carbocycles. The van der Waals surface area contributed by atoms with Crippen LogP contribution in [0.3, 0.4) is 0 Å². The average Bonchev–Trinajstić information content (AvgIpc) is 2.34. The number of aryl methyl sites for hydroxylation is 1. The van der Waals surface area contributed by atoms with E-state index in [9.17, 15) is 0 Å². The summed E-state index contributed by atoms with van der Waals surface area (Å²) in [5.74, 6) is 1.42. The van der Waals surface area contributed by atoms with Crippen molar-refractivity contribution in [2.75, 3.05) is 0 Å². The lowest BCUT2D eigenvalue weighted by atomic mass is 10.2. The van der Waals surface area contributed by atoms with Crippen molar-refractivity contribution in [3.8, 4) is 11.5 Å². The van der Waals surface area contributed by atoms with E-state index in [-0.39, 0.29) is 0 Å². The Hall–Kier alpha value is -1.51. The smallest absolute Gasteiger partial charge is 0.146 e. The van der Waals surface area contributed by atoms with E-state index in [1.807, 2.05) is 49.4 Å². The molecular formula is C14H14ClNO. The molecule has 0 bridgehead atoms. The third kappa shape index (κ3) is 2.99. The van der Waals surface area contributed by atoms with Crippen LogP contribution in [0, 0.1) is 6.92 Å². The van der Waals surface area contributed by atoms with Crippen LogP contribution in [0.25, 0.3) is 0 Å². The zero-order valence-electron chi connectivity index (χ0n) is 9.61. The van der Waals surface area contributed by atoms with Crippen molar-refractivity contribution in [1.29, 1.82) is 0 Å². The monoisotopic (exact) mass is 247 g/mol. The maximum absolute atomic E-state index is 6.11. The molecule has 0 saturated carbocycles. The van der Waals surface area contributed by atoms with Gasteiger partial charge in [-0.05, 0) is 36.8 Å². The van der Waals surface area contributed by atoms with Gasteiger partial charge in [-0.2, -0.15) is 0 Å². The summed E-state index contributed by atoms with van der Waals surface area (Å²) in [4.78, 5) is 0. The fourth-order valence-corrected chi connectivity index (χ4v) is 1.73. The Balaban J connectivity index is 2.21. The molecule has 2 rings (SSSR count). The van der Waals surface area contributed by atoms with Crippen LogP contribution in [0.15, 0.2) is 42.5 Å². The summed E-state index contributed by atoms with van der Waals surface area (Å²) in [5, 5.41) is 0.577. The minimum absolute atomic E-state index is 0.477. The molecule has 0 unspecified atom stereocenters. The van der Waals surface area contributed by atoms with Crippen molar-refractivity contribution in [2.45, 2.75) is 13.5 Å². The topological polar surface area (TPSA) is 35.2 Å². The third-order valence-corrected chi connectivity index (χ3v) is 2.78. The summed E-state index contributed by atoms with van der Waals surface area (Å²) in [5.41, 5.74) is 7.73. The number of rotatable bonds is 3. The van der Waals surface area contributed by atoms with Crippen molar-refractivity contribution in [1.82, 2.24) is 0 Å². The molecule has 0 fully saturated rings. The van der Waals surface area contributed by atoms with Crippen LogP contribution in [0.5, 0.6) is 11.5 Å². The highest BCUT2D eigenvalue weighted by Gasteiger charge is 2.03. The van der Waals surface area contributed by atoms with Gasteiger partial charge in [-0.15, -0.1) is 0 Å². The molecule has 3 heteroatoms. The maximum Gasteiger partial charge on any atom is 0.146 e. The number of ether oxygens (including phenoxy) is 1. The second-order valence-electron chi connectivity index (χ2n) is 3.88. The summed E-state index contributed by atoms with van der Waals surface area (Å²) < 4.78 is 5.69. The summed E-state index contributed by atoms with van der Waals surface area (Å²) in [7, 11) is 0. The number of nitrogens with two attached hydrogens (primary N) is 1. The molecule has 0 aromatic heterocycles. The Labute approximate surface area is 106 Å². The zero-order chi connectivity index (χ0) is 12.3. The molecular weight excluding hydrogens is 234 g/mol. The van der Waals surface area contributed by atoms with Gasteiger partial charge in [-0.3, -0.25) is 0 Å². The first-order chi connectivity index (χ1) is 8.19.